The number of aromatic nitrogens is 5. The molecule has 0 radical (unpaired) electrons. The van der Waals surface area contributed by atoms with Crippen molar-refractivity contribution in [2.75, 3.05) is 0 Å². The molecule has 1 amide bonds. The van der Waals surface area contributed by atoms with E-state index in [0.29, 0.717) is 24.6 Å². The molecule has 0 bridgehead atoms. The maximum atomic E-state index is 13.0. The highest BCUT2D eigenvalue weighted by Crippen LogP contribution is 2.49. The van der Waals surface area contributed by atoms with Gasteiger partial charge in [0.25, 0.3) is 5.71 Å². The summed E-state index contributed by atoms with van der Waals surface area (Å²) in [5, 5.41) is 13.6. The van der Waals surface area contributed by atoms with Crippen molar-refractivity contribution in [2.24, 2.45) is 0 Å². The highest BCUT2D eigenvalue weighted by Gasteiger charge is 2.38. The summed E-state index contributed by atoms with van der Waals surface area (Å²) in [4.78, 5) is 18.4. The van der Waals surface area contributed by atoms with Gasteiger partial charge in [0.05, 0.1) is 34.7 Å². The van der Waals surface area contributed by atoms with Gasteiger partial charge < -0.3 is 9.26 Å². The van der Waals surface area contributed by atoms with E-state index in [1.807, 2.05) is 37.5 Å². The Hall–Kier alpha value is -3.46. The zero-order valence-electron chi connectivity index (χ0n) is 21.1. The fraction of sp³-hybridized carbons (Fsp3) is 0.444. The van der Waals surface area contributed by atoms with Gasteiger partial charge in [0, 0.05) is 12.1 Å². The Balaban J connectivity index is 1.27. The minimum Gasteiger partial charge on any atom is -0.444 e. The Labute approximate surface area is 219 Å². The summed E-state index contributed by atoms with van der Waals surface area (Å²) in [6, 6.07) is 10.2. The Morgan fingerprint density at radius 3 is 2.78 bits per heavy atom. The first-order chi connectivity index (χ1) is 17.7. The third kappa shape index (κ3) is 4.45. The Morgan fingerprint density at radius 1 is 1.19 bits per heavy atom. The van der Waals surface area contributed by atoms with Gasteiger partial charge in [-0.2, -0.15) is 0 Å². The van der Waals surface area contributed by atoms with Crippen molar-refractivity contribution in [3.63, 3.8) is 0 Å². The molecule has 0 N–H and O–H groups in total. The average molecular weight is 521 g/mol. The van der Waals surface area contributed by atoms with Crippen LogP contribution in [0.25, 0.3) is 16.8 Å². The normalized spacial score (nSPS) is 21.8. The molecule has 37 heavy (non-hydrogen) atoms. The molecule has 6 rings (SSSR count). The van der Waals surface area contributed by atoms with Crippen LogP contribution in [-0.4, -0.2) is 41.5 Å². The monoisotopic (exact) mass is 520 g/mol. The molecular formula is C27H29ClN6O3. The van der Waals surface area contributed by atoms with Crippen molar-refractivity contribution in [1.82, 2.24) is 29.8 Å². The molecule has 2 aliphatic rings. The van der Waals surface area contributed by atoms with Crippen molar-refractivity contribution in [3.8, 4) is 5.69 Å². The second-order valence-corrected chi connectivity index (χ2v) is 11.7. The lowest BCUT2D eigenvalue weighted by Crippen LogP contribution is -2.36. The predicted octanol–water partition coefficient (Wildman–Crippen LogP) is 5.85. The summed E-state index contributed by atoms with van der Waals surface area (Å²) in [5.74, 6) is 0.966. The molecule has 0 atom stereocenters. The average Bonchev–Trinajstić information content (AvgIpc) is 3.47. The Kier molecular flexibility index (Phi) is 5.71. The van der Waals surface area contributed by atoms with E-state index in [0.717, 1.165) is 53.6 Å². The van der Waals surface area contributed by atoms with Crippen molar-refractivity contribution in [1.29, 1.82) is 0 Å². The van der Waals surface area contributed by atoms with Crippen molar-refractivity contribution >= 4 is 28.8 Å². The molecule has 1 saturated carbocycles. The SMILES string of the molecule is CC(C)(C)OC(=O)N1Cc2cc(C3(Cl)CCC(c4noc5ncccc45)CC3)ccc2-n2cnnc2C1. The number of alkyl halides is 1. The number of halogens is 1. The third-order valence-corrected chi connectivity index (χ3v) is 7.86. The Bertz CT molecular complexity index is 1460. The van der Waals surface area contributed by atoms with Gasteiger partial charge in [-0.05, 0) is 75.8 Å². The van der Waals surface area contributed by atoms with Gasteiger partial charge in [-0.3, -0.25) is 9.47 Å². The smallest absolute Gasteiger partial charge is 0.411 e. The first-order valence-electron chi connectivity index (χ1n) is 12.6. The van der Waals surface area contributed by atoms with Crippen LogP contribution in [0.4, 0.5) is 4.79 Å². The zero-order valence-corrected chi connectivity index (χ0v) is 21.9. The van der Waals surface area contributed by atoms with Crippen molar-refractivity contribution < 1.29 is 14.1 Å². The molecule has 0 saturated heterocycles. The summed E-state index contributed by atoms with van der Waals surface area (Å²) in [6.45, 7) is 6.30. The van der Waals surface area contributed by atoms with E-state index in [1.54, 1.807) is 17.4 Å². The standard InChI is InChI=1S/C27H29ClN6O3/c1-26(2,3)36-25(35)33-14-18-13-19(6-7-21(18)34-16-30-31-22(34)15-33)27(28)10-8-17(9-11-27)23-20-5-4-12-29-24(20)37-32-23/h4-7,12-13,16-17H,8-11,14-15H2,1-3H3. The largest absolute Gasteiger partial charge is 0.444 e. The second-order valence-electron chi connectivity index (χ2n) is 11.0. The molecule has 10 heteroatoms. The summed E-state index contributed by atoms with van der Waals surface area (Å²) in [5.41, 5.74) is 3.94. The van der Waals surface area contributed by atoms with Gasteiger partial charge in [-0.25, -0.2) is 9.78 Å². The zero-order chi connectivity index (χ0) is 25.8. The van der Waals surface area contributed by atoms with Gasteiger partial charge in [-0.1, -0.05) is 17.3 Å². The molecule has 4 heterocycles. The van der Waals surface area contributed by atoms with Crippen molar-refractivity contribution in [2.45, 2.75) is 75.9 Å². The first kappa shape index (κ1) is 23.9. The lowest BCUT2D eigenvalue weighted by atomic mass is 9.76. The number of benzene rings is 1. The molecular weight excluding hydrogens is 492 g/mol. The van der Waals surface area contributed by atoms with Gasteiger partial charge in [0.1, 0.15) is 11.9 Å². The van der Waals surface area contributed by atoms with Crippen LogP contribution in [-0.2, 0) is 22.7 Å². The van der Waals surface area contributed by atoms with Crippen LogP contribution in [0.3, 0.4) is 0 Å². The van der Waals surface area contributed by atoms with Gasteiger partial charge in [0.2, 0.25) is 0 Å². The van der Waals surface area contributed by atoms with E-state index in [-0.39, 0.29) is 12.0 Å². The van der Waals surface area contributed by atoms with Crippen LogP contribution in [0.1, 0.15) is 75.0 Å². The summed E-state index contributed by atoms with van der Waals surface area (Å²) < 4.78 is 13.0. The number of carbonyl (C=O) groups is 1. The second kappa shape index (κ2) is 8.83. The molecule has 3 aromatic heterocycles. The fourth-order valence-electron chi connectivity index (χ4n) is 5.41. The number of pyridine rings is 1. The Morgan fingerprint density at radius 2 is 2.00 bits per heavy atom. The summed E-state index contributed by atoms with van der Waals surface area (Å²) in [7, 11) is 0. The highest BCUT2D eigenvalue weighted by molar-refractivity contribution is 6.24. The molecule has 0 spiro atoms. The van der Waals surface area contributed by atoms with Crippen LogP contribution >= 0.6 is 11.6 Å². The topological polar surface area (TPSA) is 99.2 Å². The van der Waals surface area contributed by atoms with Crippen molar-refractivity contribution in [3.05, 3.63) is 65.5 Å². The highest BCUT2D eigenvalue weighted by atomic mass is 35.5. The first-order valence-corrected chi connectivity index (χ1v) is 13.0. The molecule has 0 unspecified atom stereocenters. The minimum atomic E-state index is -0.591. The summed E-state index contributed by atoms with van der Waals surface area (Å²) >= 11 is 7.30. The lowest BCUT2D eigenvalue weighted by Gasteiger charge is -2.35. The van der Waals surface area contributed by atoms with Gasteiger partial charge in [0.15, 0.2) is 5.82 Å². The third-order valence-electron chi connectivity index (χ3n) is 7.26. The molecule has 4 aromatic rings. The van der Waals surface area contributed by atoms with Crippen LogP contribution < -0.4 is 0 Å². The maximum absolute atomic E-state index is 13.0. The number of fused-ring (bicyclic) bond motifs is 4. The fourth-order valence-corrected chi connectivity index (χ4v) is 5.75. The number of rotatable bonds is 2. The lowest BCUT2D eigenvalue weighted by molar-refractivity contribution is 0.0214. The van der Waals surface area contributed by atoms with E-state index < -0.39 is 10.5 Å². The minimum absolute atomic E-state index is 0.278. The van der Waals surface area contributed by atoms with E-state index in [4.69, 9.17) is 20.9 Å². The molecule has 192 valence electrons. The predicted molar refractivity (Wildman–Crippen MR) is 137 cm³/mol. The van der Waals surface area contributed by atoms with Crippen LogP contribution in [0.5, 0.6) is 0 Å². The molecule has 9 nitrogen and oxygen atoms in total. The van der Waals surface area contributed by atoms with E-state index in [9.17, 15) is 4.79 Å². The van der Waals surface area contributed by atoms with Gasteiger partial charge >= 0.3 is 6.09 Å². The summed E-state index contributed by atoms with van der Waals surface area (Å²) in [6.07, 6.45) is 6.43. The number of carbonyl (C=O) groups excluding carboxylic acids is 1. The molecule has 1 aliphatic carbocycles. The number of hydrogen-bond acceptors (Lipinski definition) is 7. The van der Waals surface area contributed by atoms with E-state index >= 15 is 0 Å². The molecule has 1 fully saturated rings. The maximum Gasteiger partial charge on any atom is 0.411 e. The van der Waals surface area contributed by atoms with Crippen LogP contribution in [0, 0.1) is 0 Å². The number of amides is 1. The quantitative estimate of drug-likeness (QED) is 0.306. The van der Waals surface area contributed by atoms with Crippen LogP contribution in [0.15, 0.2) is 47.4 Å². The molecule has 1 aliphatic heterocycles. The number of hydrogen-bond donors (Lipinski definition) is 0. The van der Waals surface area contributed by atoms with E-state index in [1.165, 1.54) is 0 Å². The van der Waals surface area contributed by atoms with Crippen LogP contribution in [0.2, 0.25) is 0 Å². The number of nitrogens with zero attached hydrogens (tertiary/aromatic N) is 6. The van der Waals surface area contributed by atoms with E-state index in [2.05, 4.69) is 38.5 Å². The van der Waals surface area contributed by atoms with Gasteiger partial charge in [-0.15, -0.1) is 21.8 Å². The number of ether oxygens (including phenoxy) is 1. The molecule has 1 aromatic carbocycles.